The average molecular weight is 463 g/mol. The third-order valence-corrected chi connectivity index (χ3v) is 6.13. The van der Waals surface area contributed by atoms with Gasteiger partial charge in [0.25, 0.3) is 0 Å². The molecule has 0 fully saturated rings. The molecule has 0 saturated carbocycles. The molecule has 5 nitrogen and oxygen atoms in total. The highest BCUT2D eigenvalue weighted by Gasteiger charge is 2.16. The number of nitrogens with one attached hydrogen (secondary N) is 1. The van der Waals surface area contributed by atoms with Crippen molar-refractivity contribution < 1.29 is 4.79 Å². The van der Waals surface area contributed by atoms with Crippen LogP contribution < -0.4 is 5.32 Å². The monoisotopic (exact) mass is 462 g/mol. The summed E-state index contributed by atoms with van der Waals surface area (Å²) in [5.74, 6) is 1.58. The van der Waals surface area contributed by atoms with Gasteiger partial charge in [-0.2, -0.15) is 0 Å². The van der Waals surface area contributed by atoms with Gasteiger partial charge in [0.05, 0.1) is 0 Å². The Balaban J connectivity index is 1.39. The van der Waals surface area contributed by atoms with Crippen molar-refractivity contribution in [2.24, 2.45) is 0 Å². The SMILES string of the molecule is O=C(CCCSc1nnc(-c2ccc(Cl)cc2)n1-c1ccccc1)NCc1ccccc1. The number of amides is 1. The Bertz CT molecular complexity index is 1150. The van der Waals surface area contributed by atoms with Crippen molar-refractivity contribution in [3.8, 4) is 17.1 Å². The highest BCUT2D eigenvalue weighted by Crippen LogP contribution is 2.29. The van der Waals surface area contributed by atoms with Crippen LogP contribution in [0.2, 0.25) is 5.02 Å². The van der Waals surface area contributed by atoms with Gasteiger partial charge in [-0.3, -0.25) is 9.36 Å². The minimum absolute atomic E-state index is 0.0563. The van der Waals surface area contributed by atoms with Gasteiger partial charge in [0.15, 0.2) is 11.0 Å². The number of benzene rings is 3. The van der Waals surface area contributed by atoms with Gasteiger partial charge in [-0.1, -0.05) is 71.9 Å². The molecule has 32 heavy (non-hydrogen) atoms. The molecule has 3 aromatic carbocycles. The molecular weight excluding hydrogens is 440 g/mol. The molecule has 4 aromatic rings. The van der Waals surface area contributed by atoms with Crippen molar-refractivity contribution in [2.75, 3.05) is 5.75 Å². The Morgan fingerprint density at radius 1 is 0.906 bits per heavy atom. The molecule has 0 unspecified atom stereocenters. The van der Waals surface area contributed by atoms with Crippen LogP contribution in [-0.2, 0) is 11.3 Å². The van der Waals surface area contributed by atoms with Gasteiger partial charge in [-0.25, -0.2) is 0 Å². The topological polar surface area (TPSA) is 59.8 Å². The lowest BCUT2D eigenvalue weighted by molar-refractivity contribution is -0.121. The fourth-order valence-electron chi connectivity index (χ4n) is 3.24. The van der Waals surface area contributed by atoms with Crippen molar-refractivity contribution in [2.45, 2.75) is 24.5 Å². The molecule has 0 aliphatic carbocycles. The van der Waals surface area contributed by atoms with E-state index in [-0.39, 0.29) is 5.91 Å². The van der Waals surface area contributed by atoms with Crippen LogP contribution in [0.1, 0.15) is 18.4 Å². The van der Waals surface area contributed by atoms with E-state index in [1.54, 1.807) is 11.8 Å². The minimum Gasteiger partial charge on any atom is -0.352 e. The number of hydrogen-bond acceptors (Lipinski definition) is 4. The maximum atomic E-state index is 12.2. The number of aromatic nitrogens is 3. The number of carbonyl (C=O) groups is 1. The zero-order valence-electron chi connectivity index (χ0n) is 17.4. The molecule has 162 valence electrons. The van der Waals surface area contributed by atoms with E-state index in [4.69, 9.17) is 11.6 Å². The molecule has 1 amide bonds. The van der Waals surface area contributed by atoms with Crippen LogP contribution in [0.3, 0.4) is 0 Å². The molecule has 0 aliphatic rings. The van der Waals surface area contributed by atoms with Crippen LogP contribution >= 0.6 is 23.4 Å². The fourth-order valence-corrected chi connectivity index (χ4v) is 4.26. The number of carbonyl (C=O) groups excluding carboxylic acids is 1. The standard InChI is InChI=1S/C25H23ClN4OS/c26-21-15-13-20(14-16-21)24-28-29-25(30(24)22-10-5-2-6-11-22)32-17-7-12-23(31)27-18-19-8-3-1-4-9-19/h1-6,8-11,13-16H,7,12,17-18H2,(H,27,31). The molecule has 0 atom stereocenters. The van der Waals surface area contributed by atoms with Gasteiger partial charge in [0.1, 0.15) is 0 Å². The number of rotatable bonds is 9. The molecule has 0 bridgehead atoms. The summed E-state index contributed by atoms with van der Waals surface area (Å²) >= 11 is 7.65. The van der Waals surface area contributed by atoms with E-state index >= 15 is 0 Å². The van der Waals surface area contributed by atoms with Crippen LogP contribution in [0.15, 0.2) is 90.1 Å². The van der Waals surface area contributed by atoms with E-state index in [1.807, 2.05) is 89.5 Å². The Morgan fingerprint density at radius 2 is 1.59 bits per heavy atom. The second-order valence-corrected chi connectivity index (χ2v) is 8.70. The summed E-state index contributed by atoms with van der Waals surface area (Å²) < 4.78 is 2.05. The van der Waals surface area contributed by atoms with Gasteiger partial charge >= 0.3 is 0 Å². The van der Waals surface area contributed by atoms with E-state index in [9.17, 15) is 4.79 Å². The molecule has 1 aromatic heterocycles. The third-order valence-electron chi connectivity index (χ3n) is 4.86. The maximum Gasteiger partial charge on any atom is 0.220 e. The van der Waals surface area contributed by atoms with E-state index in [0.717, 1.165) is 40.0 Å². The summed E-state index contributed by atoms with van der Waals surface area (Å²) in [6, 6.07) is 27.5. The predicted molar refractivity (Wildman–Crippen MR) is 130 cm³/mol. The molecule has 0 spiro atoms. The van der Waals surface area contributed by atoms with E-state index in [0.29, 0.717) is 18.0 Å². The largest absolute Gasteiger partial charge is 0.352 e. The Kier molecular flexibility index (Phi) is 7.59. The summed E-state index contributed by atoms with van der Waals surface area (Å²) in [7, 11) is 0. The quantitative estimate of drug-likeness (QED) is 0.253. The zero-order chi connectivity index (χ0) is 22.2. The van der Waals surface area contributed by atoms with Crippen LogP contribution in [0.4, 0.5) is 0 Å². The van der Waals surface area contributed by atoms with Crippen molar-refractivity contribution in [1.29, 1.82) is 0 Å². The van der Waals surface area contributed by atoms with Crippen molar-refractivity contribution in [3.63, 3.8) is 0 Å². The predicted octanol–water partition coefficient (Wildman–Crippen LogP) is 5.78. The highest BCUT2D eigenvalue weighted by atomic mass is 35.5. The number of halogens is 1. The summed E-state index contributed by atoms with van der Waals surface area (Å²) in [5.41, 5.74) is 3.03. The zero-order valence-corrected chi connectivity index (χ0v) is 19.0. The summed E-state index contributed by atoms with van der Waals surface area (Å²) in [5, 5.41) is 13.3. The van der Waals surface area contributed by atoms with Gasteiger partial charge in [-0.05, 0) is 48.4 Å². The van der Waals surface area contributed by atoms with Crippen LogP contribution in [0, 0.1) is 0 Å². The van der Waals surface area contributed by atoms with Crippen molar-refractivity contribution >= 4 is 29.3 Å². The van der Waals surface area contributed by atoms with E-state index in [2.05, 4.69) is 15.5 Å². The number of nitrogens with zero attached hydrogens (tertiary/aromatic N) is 3. The first-order valence-corrected chi connectivity index (χ1v) is 11.8. The van der Waals surface area contributed by atoms with Gasteiger partial charge < -0.3 is 5.32 Å². The average Bonchev–Trinajstić information content (AvgIpc) is 3.26. The van der Waals surface area contributed by atoms with Crippen LogP contribution in [0.5, 0.6) is 0 Å². The summed E-state index contributed by atoms with van der Waals surface area (Å²) in [4.78, 5) is 12.2. The highest BCUT2D eigenvalue weighted by molar-refractivity contribution is 7.99. The number of thioether (sulfide) groups is 1. The molecule has 4 rings (SSSR count). The van der Waals surface area contributed by atoms with E-state index in [1.165, 1.54) is 0 Å². The molecule has 1 heterocycles. The number of hydrogen-bond donors (Lipinski definition) is 1. The van der Waals surface area contributed by atoms with Gasteiger partial charge in [0.2, 0.25) is 5.91 Å². The maximum absolute atomic E-state index is 12.2. The fraction of sp³-hybridized carbons (Fsp3) is 0.160. The van der Waals surface area contributed by atoms with Crippen molar-refractivity contribution in [3.05, 3.63) is 95.5 Å². The normalized spacial score (nSPS) is 10.8. The van der Waals surface area contributed by atoms with Crippen LogP contribution in [0.25, 0.3) is 17.1 Å². The molecular formula is C25H23ClN4OS. The molecule has 0 aliphatic heterocycles. The lowest BCUT2D eigenvalue weighted by Gasteiger charge is -2.10. The van der Waals surface area contributed by atoms with Gasteiger partial charge in [0, 0.05) is 35.0 Å². The Labute approximate surface area is 196 Å². The lowest BCUT2D eigenvalue weighted by Crippen LogP contribution is -2.22. The first-order chi connectivity index (χ1) is 15.7. The first-order valence-electron chi connectivity index (χ1n) is 10.4. The second-order valence-electron chi connectivity index (χ2n) is 7.20. The molecule has 7 heteroatoms. The van der Waals surface area contributed by atoms with Crippen molar-refractivity contribution in [1.82, 2.24) is 20.1 Å². The van der Waals surface area contributed by atoms with E-state index < -0.39 is 0 Å². The smallest absolute Gasteiger partial charge is 0.220 e. The Morgan fingerprint density at radius 3 is 2.31 bits per heavy atom. The summed E-state index contributed by atoms with van der Waals surface area (Å²) in [6.07, 6.45) is 1.23. The summed E-state index contributed by atoms with van der Waals surface area (Å²) in [6.45, 7) is 0.555. The number of para-hydroxylation sites is 1. The second kappa shape index (κ2) is 11.0. The molecule has 0 radical (unpaired) electrons. The minimum atomic E-state index is 0.0563. The molecule has 1 N–H and O–H groups in total. The first kappa shape index (κ1) is 22.1. The third kappa shape index (κ3) is 5.78. The van der Waals surface area contributed by atoms with Gasteiger partial charge in [-0.15, -0.1) is 10.2 Å². The molecule has 0 saturated heterocycles. The lowest BCUT2D eigenvalue weighted by atomic mass is 10.2. The van der Waals surface area contributed by atoms with Crippen LogP contribution in [-0.4, -0.2) is 26.4 Å². The Hall–Kier alpha value is -3.09.